The van der Waals surface area contributed by atoms with E-state index >= 15 is 0 Å². The van der Waals surface area contributed by atoms with Gasteiger partial charge in [0.2, 0.25) is 5.88 Å². The van der Waals surface area contributed by atoms with E-state index in [0.29, 0.717) is 11.6 Å². The summed E-state index contributed by atoms with van der Waals surface area (Å²) in [6.45, 7) is 13.5. The van der Waals surface area contributed by atoms with Crippen molar-refractivity contribution >= 4 is 21.9 Å². The van der Waals surface area contributed by atoms with E-state index in [0.717, 1.165) is 44.6 Å². The molecule has 1 aliphatic carbocycles. The van der Waals surface area contributed by atoms with Gasteiger partial charge in [-0.05, 0) is 74.7 Å². The Morgan fingerprint density at radius 1 is 0.648 bits per heavy atom. The Morgan fingerprint density at radius 3 is 2.00 bits per heavy atom. The van der Waals surface area contributed by atoms with Gasteiger partial charge in [0.1, 0.15) is 5.82 Å². The molecule has 0 atom stereocenters. The molecule has 0 unspecified atom stereocenters. The van der Waals surface area contributed by atoms with Crippen LogP contribution in [0, 0.1) is 6.07 Å². The number of rotatable bonds is 5. The molecule has 54 heavy (non-hydrogen) atoms. The zero-order chi connectivity index (χ0) is 36.5. The summed E-state index contributed by atoms with van der Waals surface area (Å²) >= 11 is 0. The largest absolute Gasteiger partial charge is 0.459 e. The van der Waals surface area contributed by atoms with E-state index in [-0.39, 0.29) is 31.9 Å². The van der Waals surface area contributed by atoms with Crippen molar-refractivity contribution in [3.63, 3.8) is 0 Å². The molecular formula is C48H41N4OPt-. The molecule has 0 aliphatic heterocycles. The first-order valence-corrected chi connectivity index (χ1v) is 18.3. The van der Waals surface area contributed by atoms with Crippen LogP contribution in [0.1, 0.15) is 74.9 Å². The van der Waals surface area contributed by atoms with Crippen molar-refractivity contribution in [2.75, 3.05) is 0 Å². The van der Waals surface area contributed by atoms with Gasteiger partial charge >= 0.3 is 0 Å². The van der Waals surface area contributed by atoms with Crippen LogP contribution in [0.2, 0.25) is 0 Å². The van der Waals surface area contributed by atoms with E-state index in [1.165, 1.54) is 27.8 Å². The number of hydrogen-bond donors (Lipinski definition) is 0. The second-order valence-electron chi connectivity index (χ2n) is 16.1. The monoisotopic (exact) mass is 884 g/mol. The molecule has 0 fully saturated rings. The maximum Gasteiger partial charge on any atom is 0.219 e. The average Bonchev–Trinajstić information content (AvgIpc) is 3.65. The Labute approximate surface area is 331 Å². The molecule has 9 rings (SSSR count). The summed E-state index contributed by atoms with van der Waals surface area (Å²) in [5.74, 6) is 1.89. The van der Waals surface area contributed by atoms with Gasteiger partial charge < -0.3 is 9.72 Å². The number of para-hydroxylation sites is 1. The molecule has 0 radical (unpaired) electrons. The van der Waals surface area contributed by atoms with E-state index in [1.54, 1.807) is 0 Å². The Balaban J connectivity index is 0.00000413. The summed E-state index contributed by atoms with van der Waals surface area (Å²) in [4.78, 5) is 15.1. The maximum atomic E-state index is 6.64. The normalized spacial score (nSPS) is 13.4. The van der Waals surface area contributed by atoms with E-state index < -0.39 is 5.41 Å². The van der Waals surface area contributed by atoms with Gasteiger partial charge in [0.25, 0.3) is 0 Å². The quantitative estimate of drug-likeness (QED) is 0.162. The van der Waals surface area contributed by atoms with Crippen LogP contribution in [0.3, 0.4) is 0 Å². The molecule has 4 aromatic heterocycles. The number of aromatic nitrogens is 4. The fourth-order valence-corrected chi connectivity index (χ4v) is 8.20. The summed E-state index contributed by atoms with van der Waals surface area (Å²) in [5, 5.41) is 2.15. The fourth-order valence-electron chi connectivity index (χ4n) is 8.20. The Bertz CT molecular complexity index is 2630. The van der Waals surface area contributed by atoms with Crippen LogP contribution >= 0.6 is 0 Å². The molecule has 8 aromatic rings. The molecule has 0 bridgehead atoms. The van der Waals surface area contributed by atoms with Gasteiger partial charge in [-0.3, -0.25) is 4.57 Å². The van der Waals surface area contributed by atoms with Crippen molar-refractivity contribution in [1.82, 2.24) is 19.5 Å². The fraction of sp³-hybridized carbons (Fsp3) is 0.188. The smallest absolute Gasteiger partial charge is 0.219 e. The molecule has 0 saturated heterocycles. The van der Waals surface area contributed by atoms with Gasteiger partial charge in [-0.15, -0.1) is 23.3 Å². The first-order valence-electron chi connectivity index (χ1n) is 18.3. The number of benzene rings is 4. The zero-order valence-corrected chi connectivity index (χ0v) is 33.6. The maximum absolute atomic E-state index is 6.64. The van der Waals surface area contributed by atoms with Crippen LogP contribution in [0.25, 0.3) is 39.0 Å². The topological polar surface area (TPSA) is 52.8 Å². The zero-order valence-electron chi connectivity index (χ0n) is 31.3. The van der Waals surface area contributed by atoms with Crippen molar-refractivity contribution in [3.05, 3.63) is 179 Å². The second kappa shape index (κ2) is 13.2. The first kappa shape index (κ1) is 35.6. The van der Waals surface area contributed by atoms with E-state index in [1.807, 2.05) is 24.5 Å². The van der Waals surface area contributed by atoms with Crippen molar-refractivity contribution in [1.29, 1.82) is 0 Å². The van der Waals surface area contributed by atoms with Crippen LogP contribution in [0.4, 0.5) is 0 Å². The van der Waals surface area contributed by atoms with Gasteiger partial charge in [0.05, 0.1) is 5.52 Å². The average molecular weight is 885 g/mol. The van der Waals surface area contributed by atoms with Gasteiger partial charge in [-0.25, -0.2) is 4.98 Å². The second-order valence-corrected chi connectivity index (χ2v) is 16.1. The van der Waals surface area contributed by atoms with E-state index in [9.17, 15) is 0 Å². The van der Waals surface area contributed by atoms with Gasteiger partial charge in [0, 0.05) is 61.5 Å². The van der Waals surface area contributed by atoms with Gasteiger partial charge in [0.15, 0.2) is 5.65 Å². The number of nitrogens with zero attached hydrogens (tertiary/aromatic N) is 4. The molecule has 0 N–H and O–H groups in total. The summed E-state index contributed by atoms with van der Waals surface area (Å²) in [7, 11) is 0. The van der Waals surface area contributed by atoms with Crippen molar-refractivity contribution < 1.29 is 25.8 Å². The van der Waals surface area contributed by atoms with Crippen LogP contribution in [0.15, 0.2) is 140 Å². The molecule has 6 heteroatoms. The first-order chi connectivity index (χ1) is 25.5. The third-order valence-corrected chi connectivity index (χ3v) is 10.7. The SMILES string of the molecule is CC(C)(C)c1ccnc(-n2c3ccccc3c3ccc(Oc4[c-]c5c(cc4)C(c4ccccc4)(c4ccccc4)c4c(C(C)(C)C)ccnc4-5)nc32)c1.[Pt]. The van der Waals surface area contributed by atoms with Gasteiger partial charge in [-0.2, -0.15) is 4.98 Å². The summed E-state index contributed by atoms with van der Waals surface area (Å²) in [6.07, 6.45) is 3.83. The standard InChI is InChI=1S/C48H41N4O.Pt/c1-46(2,3)33-25-27-49-41(29-33)52-40-20-14-13-19-35(40)36-22-24-42(51-45(36)52)53-34-21-23-38-37(30-34)44-43(39(26-28-50-44)47(4,5)6)48(38,31-15-9-7-10-16-31)32-17-11-8-12-18-32;/h7-29H,1-6H3;/q-1;. The summed E-state index contributed by atoms with van der Waals surface area (Å²) in [6, 6.07) is 48.4. The molecule has 0 amide bonds. The third-order valence-electron chi connectivity index (χ3n) is 10.7. The van der Waals surface area contributed by atoms with Crippen molar-refractivity contribution in [2.45, 2.75) is 57.8 Å². The molecule has 4 heterocycles. The third kappa shape index (κ3) is 5.60. The number of hydrogen-bond acceptors (Lipinski definition) is 4. The number of fused-ring (bicyclic) bond motifs is 6. The molecule has 0 spiro atoms. The molecule has 0 saturated carbocycles. The molecule has 4 aromatic carbocycles. The molecule has 5 nitrogen and oxygen atoms in total. The van der Waals surface area contributed by atoms with Crippen LogP contribution in [0.5, 0.6) is 11.6 Å². The number of pyridine rings is 3. The number of ether oxygens (including phenoxy) is 1. The minimum absolute atomic E-state index is 0. The molecular weight excluding hydrogens is 844 g/mol. The molecule has 270 valence electrons. The Kier molecular flexibility index (Phi) is 8.70. The van der Waals surface area contributed by atoms with Crippen molar-refractivity contribution in [3.8, 4) is 28.7 Å². The van der Waals surface area contributed by atoms with Crippen LogP contribution in [-0.4, -0.2) is 19.5 Å². The van der Waals surface area contributed by atoms with Crippen molar-refractivity contribution in [2.24, 2.45) is 0 Å². The van der Waals surface area contributed by atoms with Gasteiger partial charge in [-0.1, -0.05) is 126 Å². The van der Waals surface area contributed by atoms with Crippen LogP contribution < -0.4 is 4.74 Å². The predicted molar refractivity (Wildman–Crippen MR) is 214 cm³/mol. The van der Waals surface area contributed by atoms with E-state index in [2.05, 4.69) is 167 Å². The molecule has 1 aliphatic rings. The summed E-state index contributed by atoms with van der Waals surface area (Å²) < 4.78 is 8.78. The Hall–Kier alpha value is -5.38. The minimum Gasteiger partial charge on any atom is -0.459 e. The van der Waals surface area contributed by atoms with E-state index in [4.69, 9.17) is 19.7 Å². The summed E-state index contributed by atoms with van der Waals surface area (Å²) in [5.41, 5.74) is 10.1. The Morgan fingerprint density at radius 2 is 1.31 bits per heavy atom. The van der Waals surface area contributed by atoms with Crippen LogP contribution in [-0.2, 0) is 37.3 Å². The minimum atomic E-state index is -0.591. The predicted octanol–water partition coefficient (Wildman–Crippen LogP) is 11.5.